The van der Waals surface area contributed by atoms with Crippen LogP contribution in [-0.2, 0) is 9.53 Å². The zero-order valence-electron chi connectivity index (χ0n) is 10.9. The third-order valence-electron chi connectivity index (χ3n) is 2.98. The molecule has 0 radical (unpaired) electrons. The van der Waals surface area contributed by atoms with Crippen molar-refractivity contribution in [2.24, 2.45) is 5.73 Å². The normalized spacial score (nSPS) is 18.7. The molecule has 4 N–H and O–H groups in total. The van der Waals surface area contributed by atoms with Gasteiger partial charge in [-0.2, -0.15) is 0 Å². The van der Waals surface area contributed by atoms with E-state index in [2.05, 4.69) is 10.2 Å². The largest absolute Gasteiger partial charge is 0.390 e. The number of hydrogen-bond acceptors (Lipinski definition) is 5. The number of aliphatic hydroxyl groups is 1. The zero-order valence-corrected chi connectivity index (χ0v) is 10.9. The molecule has 6 nitrogen and oxygen atoms in total. The van der Waals surface area contributed by atoms with Crippen LogP contribution in [0.25, 0.3) is 0 Å². The van der Waals surface area contributed by atoms with Crippen molar-refractivity contribution in [3.05, 3.63) is 0 Å². The highest BCUT2D eigenvalue weighted by molar-refractivity contribution is 5.73. The zero-order chi connectivity index (χ0) is 13.2. The minimum absolute atomic E-state index is 0.248. The van der Waals surface area contributed by atoms with Gasteiger partial charge in [0.2, 0.25) is 5.91 Å². The van der Waals surface area contributed by atoms with E-state index in [9.17, 15) is 9.90 Å². The number of nitrogens with zero attached hydrogens (tertiary/aromatic N) is 1. The second-order valence-electron chi connectivity index (χ2n) is 4.69. The van der Waals surface area contributed by atoms with Gasteiger partial charge in [-0.15, -0.1) is 0 Å². The van der Waals surface area contributed by atoms with Crippen LogP contribution in [-0.4, -0.2) is 68.0 Å². The maximum Gasteiger partial charge on any atom is 0.217 e. The Kier molecular flexibility index (Phi) is 7.91. The predicted molar refractivity (Wildman–Crippen MR) is 69.2 cm³/mol. The lowest BCUT2D eigenvalue weighted by molar-refractivity contribution is -0.118. The van der Waals surface area contributed by atoms with Crippen LogP contribution < -0.4 is 11.1 Å². The summed E-state index contributed by atoms with van der Waals surface area (Å²) in [5.74, 6) is -0.248. The molecule has 1 rings (SSSR count). The molecule has 6 heteroatoms. The van der Waals surface area contributed by atoms with Crippen molar-refractivity contribution in [1.82, 2.24) is 10.2 Å². The van der Waals surface area contributed by atoms with Crippen LogP contribution in [0, 0.1) is 0 Å². The van der Waals surface area contributed by atoms with Crippen molar-refractivity contribution in [3.63, 3.8) is 0 Å². The number of ether oxygens (including phenoxy) is 1. The first-order valence-corrected chi connectivity index (χ1v) is 6.65. The minimum atomic E-state index is -0.348. The van der Waals surface area contributed by atoms with Gasteiger partial charge in [0.05, 0.1) is 19.3 Å². The van der Waals surface area contributed by atoms with Crippen LogP contribution in [0.1, 0.15) is 19.3 Å². The summed E-state index contributed by atoms with van der Waals surface area (Å²) >= 11 is 0. The standard InChI is InChI=1S/C12H25N3O3/c13-12(17)3-1-2-4-14-9-11(16)10-15-5-7-18-8-6-15/h11,14,16H,1-10H2,(H2,13,17). The van der Waals surface area contributed by atoms with Crippen molar-refractivity contribution < 1.29 is 14.6 Å². The van der Waals surface area contributed by atoms with Crippen molar-refractivity contribution in [1.29, 1.82) is 0 Å². The van der Waals surface area contributed by atoms with E-state index in [1.165, 1.54) is 0 Å². The van der Waals surface area contributed by atoms with E-state index in [0.29, 0.717) is 19.5 Å². The third-order valence-corrected chi connectivity index (χ3v) is 2.98. The molecule has 1 saturated heterocycles. The molecule has 0 aliphatic carbocycles. The first-order chi connectivity index (χ1) is 8.68. The maximum absolute atomic E-state index is 10.5. The summed E-state index contributed by atoms with van der Waals surface area (Å²) < 4.78 is 5.25. The van der Waals surface area contributed by atoms with E-state index >= 15 is 0 Å². The topological polar surface area (TPSA) is 87.8 Å². The van der Waals surface area contributed by atoms with Crippen molar-refractivity contribution >= 4 is 5.91 Å². The highest BCUT2D eigenvalue weighted by Crippen LogP contribution is 1.98. The molecule has 0 saturated carbocycles. The van der Waals surface area contributed by atoms with Gasteiger partial charge in [-0.25, -0.2) is 0 Å². The summed E-state index contributed by atoms with van der Waals surface area (Å²) in [5, 5.41) is 13.0. The number of aliphatic hydroxyl groups excluding tert-OH is 1. The molecule has 1 heterocycles. The van der Waals surface area contributed by atoms with Crippen LogP contribution in [0.5, 0.6) is 0 Å². The molecular weight excluding hydrogens is 234 g/mol. The number of carbonyl (C=O) groups excluding carboxylic acids is 1. The lowest BCUT2D eigenvalue weighted by Crippen LogP contribution is -2.43. The Bertz CT molecular complexity index is 233. The number of nitrogens with one attached hydrogen (secondary N) is 1. The number of primary amides is 1. The SMILES string of the molecule is NC(=O)CCCCNCC(O)CN1CCOCC1. The van der Waals surface area contributed by atoms with E-state index in [1.54, 1.807) is 0 Å². The molecule has 1 atom stereocenters. The van der Waals surface area contributed by atoms with Crippen LogP contribution in [0.15, 0.2) is 0 Å². The number of hydrogen-bond donors (Lipinski definition) is 3. The van der Waals surface area contributed by atoms with Crippen LogP contribution in [0.2, 0.25) is 0 Å². The molecule has 0 aromatic heterocycles. The monoisotopic (exact) mass is 259 g/mol. The Labute approximate surface area is 108 Å². The number of unbranched alkanes of at least 4 members (excludes halogenated alkanes) is 1. The molecule has 106 valence electrons. The number of carbonyl (C=O) groups is 1. The lowest BCUT2D eigenvalue weighted by Gasteiger charge is -2.28. The van der Waals surface area contributed by atoms with Gasteiger partial charge in [0.1, 0.15) is 0 Å². The fourth-order valence-electron chi connectivity index (χ4n) is 1.96. The predicted octanol–water partition coefficient (Wildman–Crippen LogP) is -1.08. The Morgan fingerprint density at radius 2 is 2.11 bits per heavy atom. The van der Waals surface area contributed by atoms with Gasteiger partial charge in [0.15, 0.2) is 0 Å². The number of morpholine rings is 1. The van der Waals surface area contributed by atoms with Crippen LogP contribution in [0.3, 0.4) is 0 Å². The van der Waals surface area contributed by atoms with E-state index in [1.807, 2.05) is 0 Å². The Hall–Kier alpha value is -0.690. The summed E-state index contributed by atoms with van der Waals surface area (Å²) in [6, 6.07) is 0. The van der Waals surface area contributed by atoms with Gasteiger partial charge in [-0.3, -0.25) is 9.69 Å². The highest BCUT2D eigenvalue weighted by Gasteiger charge is 2.14. The van der Waals surface area contributed by atoms with E-state index in [4.69, 9.17) is 10.5 Å². The Morgan fingerprint density at radius 1 is 1.39 bits per heavy atom. The Morgan fingerprint density at radius 3 is 2.78 bits per heavy atom. The fourth-order valence-corrected chi connectivity index (χ4v) is 1.96. The van der Waals surface area contributed by atoms with Crippen LogP contribution in [0.4, 0.5) is 0 Å². The summed E-state index contributed by atoms with van der Waals surface area (Å²) in [7, 11) is 0. The van der Waals surface area contributed by atoms with Gasteiger partial charge in [-0.05, 0) is 19.4 Å². The second kappa shape index (κ2) is 9.27. The van der Waals surface area contributed by atoms with Crippen LogP contribution >= 0.6 is 0 Å². The average Bonchev–Trinajstić information content (AvgIpc) is 2.34. The summed E-state index contributed by atoms with van der Waals surface area (Å²) in [6.45, 7) is 5.41. The quantitative estimate of drug-likeness (QED) is 0.459. The molecule has 1 aliphatic heterocycles. The third kappa shape index (κ3) is 7.60. The number of nitrogens with two attached hydrogens (primary N) is 1. The van der Waals surface area contributed by atoms with E-state index in [-0.39, 0.29) is 12.0 Å². The smallest absolute Gasteiger partial charge is 0.217 e. The van der Waals surface area contributed by atoms with E-state index < -0.39 is 0 Å². The van der Waals surface area contributed by atoms with Gasteiger partial charge in [-0.1, -0.05) is 0 Å². The van der Waals surface area contributed by atoms with Crippen molar-refractivity contribution in [3.8, 4) is 0 Å². The molecule has 1 amide bonds. The first-order valence-electron chi connectivity index (χ1n) is 6.65. The molecule has 1 fully saturated rings. The molecule has 0 aromatic carbocycles. The summed E-state index contributed by atoms with van der Waals surface area (Å²) in [5.41, 5.74) is 5.04. The molecular formula is C12H25N3O3. The lowest BCUT2D eigenvalue weighted by atomic mass is 10.2. The number of amides is 1. The van der Waals surface area contributed by atoms with Gasteiger partial charge in [0.25, 0.3) is 0 Å². The number of β-amino-alcohol motifs (C(OH)–C–C–N with tert-alkyl or cyclic N) is 1. The Balaban J connectivity index is 1.92. The highest BCUT2D eigenvalue weighted by atomic mass is 16.5. The van der Waals surface area contributed by atoms with E-state index in [0.717, 1.165) is 45.7 Å². The van der Waals surface area contributed by atoms with Gasteiger partial charge >= 0.3 is 0 Å². The molecule has 1 unspecified atom stereocenters. The molecule has 0 spiro atoms. The number of rotatable bonds is 9. The minimum Gasteiger partial charge on any atom is -0.390 e. The van der Waals surface area contributed by atoms with Crippen molar-refractivity contribution in [2.45, 2.75) is 25.4 Å². The van der Waals surface area contributed by atoms with Crippen molar-refractivity contribution in [2.75, 3.05) is 45.9 Å². The fraction of sp³-hybridized carbons (Fsp3) is 0.917. The maximum atomic E-state index is 10.5. The summed E-state index contributed by atoms with van der Waals surface area (Å²) in [4.78, 5) is 12.7. The molecule has 0 aromatic rings. The average molecular weight is 259 g/mol. The molecule has 0 bridgehead atoms. The van der Waals surface area contributed by atoms with Gasteiger partial charge < -0.3 is 20.9 Å². The summed E-state index contributed by atoms with van der Waals surface area (Å²) in [6.07, 6.45) is 1.81. The van der Waals surface area contributed by atoms with Gasteiger partial charge in [0, 0.05) is 32.6 Å². The second-order valence-corrected chi connectivity index (χ2v) is 4.69. The molecule has 1 aliphatic rings. The molecule has 18 heavy (non-hydrogen) atoms. The first kappa shape index (κ1) is 15.4.